The van der Waals surface area contributed by atoms with Crippen LogP contribution in [0.5, 0.6) is 5.88 Å². The highest BCUT2D eigenvalue weighted by Gasteiger charge is 2.09. The number of methoxy groups -OCH3 is 1. The number of pyridine rings is 1. The molecule has 0 spiro atoms. The van der Waals surface area contributed by atoms with Gasteiger partial charge in [-0.3, -0.25) is 5.32 Å². The van der Waals surface area contributed by atoms with Crippen molar-refractivity contribution < 1.29 is 9.53 Å². The van der Waals surface area contributed by atoms with Crippen LogP contribution < -0.4 is 20.7 Å². The number of nitrogens with one attached hydrogen (secondary N) is 3. The monoisotopic (exact) mass is 427 g/mol. The van der Waals surface area contributed by atoms with Gasteiger partial charge in [0.1, 0.15) is 12.1 Å². The van der Waals surface area contributed by atoms with Crippen molar-refractivity contribution in [3.8, 4) is 5.88 Å². The number of urea groups is 1. The minimum absolute atomic E-state index is 0.378. The second-order valence-corrected chi connectivity index (χ2v) is 7.87. The van der Waals surface area contributed by atoms with Crippen LogP contribution in [0.1, 0.15) is 4.88 Å². The standard InChI is InChI=1S/C18H17N7O2S2/c1-27-14-3-2-11(8-20-14)24-17(26)25-18-21-9-12(29-18)4-6-19-16-15-13(5-7-28-15)22-10-23-16/h2-3,5,7-10H,4,6H2,1H3,(H,19,22,23)(H2,21,24,25,26). The number of carbonyl (C=O) groups is 1. The lowest BCUT2D eigenvalue weighted by molar-refractivity contribution is 0.262. The number of amides is 2. The summed E-state index contributed by atoms with van der Waals surface area (Å²) in [5, 5.41) is 11.3. The van der Waals surface area contributed by atoms with Crippen LogP contribution in [-0.4, -0.2) is 39.6 Å². The molecule has 4 rings (SSSR count). The molecule has 0 radical (unpaired) electrons. The van der Waals surface area contributed by atoms with Crippen molar-refractivity contribution in [2.45, 2.75) is 6.42 Å². The molecule has 0 bridgehead atoms. The first-order chi connectivity index (χ1) is 14.2. The lowest BCUT2D eigenvalue weighted by atomic mass is 10.3. The Hall–Kier alpha value is -3.31. The van der Waals surface area contributed by atoms with Gasteiger partial charge >= 0.3 is 6.03 Å². The molecule has 0 atom stereocenters. The Morgan fingerprint density at radius 1 is 1.10 bits per heavy atom. The maximum absolute atomic E-state index is 12.1. The predicted octanol–water partition coefficient (Wildman–Crippen LogP) is 3.85. The van der Waals surface area contributed by atoms with Crippen molar-refractivity contribution in [2.75, 3.05) is 29.6 Å². The number of carbonyl (C=O) groups excluding carboxylic acids is 1. The molecule has 0 unspecified atom stereocenters. The molecule has 3 N–H and O–H groups in total. The lowest BCUT2D eigenvalue weighted by Gasteiger charge is -2.06. The molecule has 0 aliphatic carbocycles. The fourth-order valence-corrected chi connectivity index (χ4v) is 4.15. The van der Waals surface area contributed by atoms with E-state index in [1.54, 1.807) is 36.0 Å². The summed E-state index contributed by atoms with van der Waals surface area (Å²) in [4.78, 5) is 30.0. The van der Waals surface area contributed by atoms with Crippen LogP contribution >= 0.6 is 22.7 Å². The van der Waals surface area contributed by atoms with E-state index >= 15 is 0 Å². The SMILES string of the molecule is COc1ccc(NC(=O)Nc2ncc(CCNc3ncnc4ccsc34)s2)cn1. The van der Waals surface area contributed by atoms with E-state index in [-0.39, 0.29) is 6.03 Å². The van der Waals surface area contributed by atoms with Gasteiger partial charge in [-0.25, -0.2) is 24.7 Å². The molecule has 0 aromatic carbocycles. The van der Waals surface area contributed by atoms with Crippen LogP contribution in [0.15, 0.2) is 42.3 Å². The summed E-state index contributed by atoms with van der Waals surface area (Å²) in [6, 6.07) is 4.98. The molecular formula is C18H17N7O2S2. The van der Waals surface area contributed by atoms with Crippen molar-refractivity contribution in [3.05, 3.63) is 47.2 Å². The molecule has 0 saturated heterocycles. The number of thiazole rings is 1. The number of rotatable bonds is 7. The van der Waals surface area contributed by atoms with E-state index in [4.69, 9.17) is 4.74 Å². The van der Waals surface area contributed by atoms with E-state index in [0.717, 1.165) is 27.3 Å². The number of nitrogens with zero attached hydrogens (tertiary/aromatic N) is 4. The average molecular weight is 428 g/mol. The third kappa shape index (κ3) is 4.76. The van der Waals surface area contributed by atoms with Crippen molar-refractivity contribution in [1.29, 1.82) is 0 Å². The van der Waals surface area contributed by atoms with Crippen LogP contribution in [0, 0.1) is 0 Å². The average Bonchev–Trinajstić information content (AvgIpc) is 3.38. The summed E-state index contributed by atoms with van der Waals surface area (Å²) in [7, 11) is 1.54. The molecule has 0 aliphatic rings. The predicted molar refractivity (Wildman–Crippen MR) is 115 cm³/mol. The van der Waals surface area contributed by atoms with E-state index in [0.29, 0.717) is 23.2 Å². The van der Waals surface area contributed by atoms with Gasteiger partial charge in [-0.15, -0.1) is 22.7 Å². The maximum Gasteiger partial charge on any atom is 0.325 e. The Kier molecular flexibility index (Phi) is 5.77. The minimum atomic E-state index is -0.378. The second-order valence-electron chi connectivity index (χ2n) is 5.83. The number of hydrogen-bond acceptors (Lipinski definition) is 9. The van der Waals surface area contributed by atoms with Gasteiger partial charge in [0.2, 0.25) is 5.88 Å². The Bertz CT molecular complexity index is 1110. The van der Waals surface area contributed by atoms with Gasteiger partial charge in [0, 0.05) is 30.1 Å². The molecule has 148 valence electrons. The molecule has 29 heavy (non-hydrogen) atoms. The zero-order chi connectivity index (χ0) is 20.1. The molecule has 4 heterocycles. The highest BCUT2D eigenvalue weighted by molar-refractivity contribution is 7.17. The molecular weight excluding hydrogens is 410 g/mol. The molecule has 9 nitrogen and oxygen atoms in total. The Morgan fingerprint density at radius 2 is 2.03 bits per heavy atom. The summed E-state index contributed by atoms with van der Waals surface area (Å²) >= 11 is 3.04. The summed E-state index contributed by atoms with van der Waals surface area (Å²) < 4.78 is 6.04. The van der Waals surface area contributed by atoms with Gasteiger partial charge in [0.05, 0.1) is 29.2 Å². The third-order valence-electron chi connectivity index (χ3n) is 3.88. The van der Waals surface area contributed by atoms with Crippen molar-refractivity contribution in [3.63, 3.8) is 0 Å². The number of thiophene rings is 1. The van der Waals surface area contributed by atoms with Gasteiger partial charge < -0.3 is 15.4 Å². The smallest absolute Gasteiger partial charge is 0.325 e. The molecule has 4 aromatic rings. The number of aromatic nitrogens is 4. The normalized spacial score (nSPS) is 10.7. The van der Waals surface area contributed by atoms with Gasteiger partial charge in [-0.1, -0.05) is 0 Å². The molecule has 0 aliphatic heterocycles. The topological polar surface area (TPSA) is 114 Å². The first kappa shape index (κ1) is 19.0. The van der Waals surface area contributed by atoms with E-state index < -0.39 is 0 Å². The van der Waals surface area contributed by atoms with E-state index in [9.17, 15) is 4.79 Å². The highest BCUT2D eigenvalue weighted by atomic mass is 32.1. The third-order valence-corrected chi connectivity index (χ3v) is 5.77. The summed E-state index contributed by atoms with van der Waals surface area (Å²) in [5.41, 5.74) is 1.50. The van der Waals surface area contributed by atoms with Gasteiger partial charge in [0.15, 0.2) is 5.13 Å². The van der Waals surface area contributed by atoms with Gasteiger partial charge in [-0.2, -0.15) is 0 Å². The quantitative estimate of drug-likeness (QED) is 0.410. The van der Waals surface area contributed by atoms with Crippen LogP contribution in [0.3, 0.4) is 0 Å². The minimum Gasteiger partial charge on any atom is -0.481 e. The van der Waals surface area contributed by atoms with Gasteiger partial charge in [-0.05, 0) is 17.5 Å². The number of ether oxygens (including phenoxy) is 1. The lowest BCUT2D eigenvalue weighted by Crippen LogP contribution is -2.19. The van der Waals surface area contributed by atoms with Crippen LogP contribution in [-0.2, 0) is 6.42 Å². The zero-order valence-electron chi connectivity index (χ0n) is 15.4. The largest absolute Gasteiger partial charge is 0.481 e. The van der Waals surface area contributed by atoms with E-state index in [1.165, 1.54) is 24.6 Å². The van der Waals surface area contributed by atoms with Crippen molar-refractivity contribution >= 4 is 55.6 Å². The summed E-state index contributed by atoms with van der Waals surface area (Å²) in [6.07, 6.45) is 5.61. The number of anilines is 3. The zero-order valence-corrected chi connectivity index (χ0v) is 17.0. The van der Waals surface area contributed by atoms with E-state index in [2.05, 4.69) is 35.9 Å². The second kappa shape index (κ2) is 8.80. The number of hydrogen-bond donors (Lipinski definition) is 3. The summed E-state index contributed by atoms with van der Waals surface area (Å²) in [5.74, 6) is 1.32. The molecule has 2 amide bonds. The van der Waals surface area contributed by atoms with Crippen LogP contribution in [0.2, 0.25) is 0 Å². The molecule has 4 aromatic heterocycles. The van der Waals surface area contributed by atoms with Crippen molar-refractivity contribution in [2.24, 2.45) is 0 Å². The Morgan fingerprint density at radius 3 is 2.86 bits per heavy atom. The van der Waals surface area contributed by atoms with Crippen LogP contribution in [0.4, 0.5) is 21.4 Å². The fraction of sp³-hybridized carbons (Fsp3) is 0.167. The highest BCUT2D eigenvalue weighted by Crippen LogP contribution is 2.25. The Labute approximate surface area is 174 Å². The van der Waals surface area contributed by atoms with Gasteiger partial charge in [0.25, 0.3) is 0 Å². The fourth-order valence-electron chi connectivity index (χ4n) is 2.53. The first-order valence-electron chi connectivity index (χ1n) is 8.66. The maximum atomic E-state index is 12.1. The van der Waals surface area contributed by atoms with Crippen molar-refractivity contribution in [1.82, 2.24) is 19.9 Å². The van der Waals surface area contributed by atoms with Crippen LogP contribution in [0.25, 0.3) is 10.2 Å². The molecule has 0 fully saturated rings. The Balaban J connectivity index is 1.27. The summed E-state index contributed by atoms with van der Waals surface area (Å²) in [6.45, 7) is 0.704. The van der Waals surface area contributed by atoms with E-state index in [1.807, 2.05) is 11.4 Å². The molecule has 11 heteroatoms. The first-order valence-corrected chi connectivity index (χ1v) is 10.4. The number of fused-ring (bicyclic) bond motifs is 1. The molecule has 0 saturated carbocycles.